The molecule has 3 aliphatic carbocycles. The summed E-state index contributed by atoms with van der Waals surface area (Å²) in [5.74, 6) is -7.10. The molecule has 152 valence electrons. The van der Waals surface area contributed by atoms with Crippen LogP contribution in [-0.4, -0.2) is 44.0 Å². The highest BCUT2D eigenvalue weighted by Crippen LogP contribution is 2.56. The third-order valence-electron chi connectivity index (χ3n) is 6.60. The highest BCUT2D eigenvalue weighted by molar-refractivity contribution is 6.20. The smallest absolute Gasteiger partial charge is 0.256 e. The van der Waals surface area contributed by atoms with Gasteiger partial charge in [-0.1, -0.05) is 26.0 Å². The molecule has 0 saturated heterocycles. The minimum Gasteiger partial charge on any atom is -0.511 e. The van der Waals surface area contributed by atoms with E-state index in [0.29, 0.717) is 5.56 Å². The van der Waals surface area contributed by atoms with E-state index in [1.54, 1.807) is 26.0 Å². The van der Waals surface area contributed by atoms with Gasteiger partial charge >= 0.3 is 0 Å². The molecule has 4 atom stereocenters. The van der Waals surface area contributed by atoms with Crippen LogP contribution < -0.4 is 5.73 Å². The minimum atomic E-state index is -1.26. The number of aromatic hydroxyl groups is 1. The topological polar surface area (TPSA) is 158 Å². The summed E-state index contributed by atoms with van der Waals surface area (Å²) in [7, 11) is 0. The van der Waals surface area contributed by atoms with E-state index in [1.165, 1.54) is 6.07 Å². The first-order valence-electron chi connectivity index (χ1n) is 9.24. The Kier molecular flexibility index (Phi) is 3.93. The number of carbonyl (C=O) groups is 3. The molecule has 0 spiro atoms. The molecule has 1 aromatic carbocycles. The van der Waals surface area contributed by atoms with Gasteiger partial charge in [0, 0.05) is 23.8 Å². The van der Waals surface area contributed by atoms with E-state index in [9.17, 15) is 34.8 Å². The van der Waals surface area contributed by atoms with Gasteiger partial charge in [-0.25, -0.2) is 0 Å². The molecule has 6 N–H and O–H groups in total. The summed E-state index contributed by atoms with van der Waals surface area (Å²) in [6.07, 6.45) is -1.59. The number of aliphatic hydroxyl groups excluding tert-OH is 3. The maximum absolute atomic E-state index is 13.3. The number of ketones is 2. The third-order valence-corrected chi connectivity index (χ3v) is 6.60. The molecule has 8 heteroatoms. The second kappa shape index (κ2) is 5.93. The van der Waals surface area contributed by atoms with Crippen LogP contribution in [0.2, 0.25) is 0 Å². The molecule has 4 rings (SSSR count). The highest BCUT2D eigenvalue weighted by atomic mass is 16.3. The summed E-state index contributed by atoms with van der Waals surface area (Å²) in [6.45, 7) is 3.57. The number of hydrogen-bond acceptors (Lipinski definition) is 7. The van der Waals surface area contributed by atoms with Gasteiger partial charge in [-0.2, -0.15) is 0 Å². The number of hydrogen-bond donors (Lipinski definition) is 5. The number of carbonyl (C=O) groups excluding carboxylic acids is 3. The van der Waals surface area contributed by atoms with Gasteiger partial charge in [0.15, 0.2) is 11.6 Å². The molecule has 1 amide bonds. The van der Waals surface area contributed by atoms with Crippen molar-refractivity contribution in [1.82, 2.24) is 0 Å². The summed E-state index contributed by atoms with van der Waals surface area (Å²) in [6, 6.07) is 4.64. The van der Waals surface area contributed by atoms with Crippen molar-refractivity contribution < 1.29 is 34.8 Å². The summed E-state index contributed by atoms with van der Waals surface area (Å²) >= 11 is 0. The van der Waals surface area contributed by atoms with E-state index in [2.05, 4.69) is 0 Å². The van der Waals surface area contributed by atoms with Crippen molar-refractivity contribution in [3.05, 3.63) is 52.0 Å². The number of amides is 1. The van der Waals surface area contributed by atoms with Crippen molar-refractivity contribution in [2.75, 3.05) is 0 Å². The van der Waals surface area contributed by atoms with Crippen molar-refractivity contribution in [3.63, 3.8) is 0 Å². The monoisotopic (exact) mass is 399 g/mol. The second-order valence-electron chi connectivity index (χ2n) is 8.40. The summed E-state index contributed by atoms with van der Waals surface area (Å²) in [5.41, 5.74) is 4.05. The zero-order valence-corrected chi connectivity index (χ0v) is 15.8. The Bertz CT molecular complexity index is 1050. The Balaban J connectivity index is 2.02. The largest absolute Gasteiger partial charge is 0.511 e. The van der Waals surface area contributed by atoms with Crippen LogP contribution in [0.5, 0.6) is 5.75 Å². The molecule has 0 bridgehead atoms. The number of fused-ring (bicyclic) bond motifs is 3. The van der Waals surface area contributed by atoms with E-state index in [1.807, 2.05) is 0 Å². The lowest BCUT2D eigenvalue weighted by Crippen LogP contribution is -2.56. The number of rotatable bonds is 1. The van der Waals surface area contributed by atoms with Gasteiger partial charge in [0.05, 0.1) is 17.6 Å². The summed E-state index contributed by atoms with van der Waals surface area (Å²) < 4.78 is 0. The molecular formula is C21H21NO7. The number of phenolic OH excluding ortho intramolecular Hbond substituents is 1. The standard InChI is InChI=1S/C21H21NO7/c1-21(2)8-4-3-5-9(23)12(8)19(28)14-15(21)16(25)7-6-10(24)13(20(22)29)17(26)11(7)18(14)27/h3-5,7,14-16,23,25-27H,6H2,1-2H3,(H2,22,29)/t7-,14+,15+,16-/m1/s1. The second-order valence-corrected chi connectivity index (χ2v) is 8.40. The fraction of sp³-hybridized carbons (Fsp3) is 0.381. The molecule has 3 aliphatic rings. The number of allylic oxidation sites excluding steroid dienone is 2. The van der Waals surface area contributed by atoms with E-state index in [4.69, 9.17) is 5.73 Å². The van der Waals surface area contributed by atoms with Crippen LogP contribution in [0.4, 0.5) is 0 Å². The molecule has 0 heterocycles. The van der Waals surface area contributed by atoms with E-state index in [0.717, 1.165) is 0 Å². The Morgan fingerprint density at radius 1 is 1.17 bits per heavy atom. The fourth-order valence-electron chi connectivity index (χ4n) is 5.29. The lowest BCUT2D eigenvalue weighted by Gasteiger charge is -2.51. The SMILES string of the molecule is CC1(C)c2cccc(O)c2C(=O)[C@@H]2C(O)=C3C(O)=C(C(N)=O)C(=O)C[C@H]3[C@@H](O)[C@H]21. The first-order valence-corrected chi connectivity index (χ1v) is 9.24. The summed E-state index contributed by atoms with van der Waals surface area (Å²) in [5, 5.41) is 43.0. The average Bonchev–Trinajstić information content (AvgIpc) is 2.61. The van der Waals surface area contributed by atoms with Crippen LogP contribution in [0.15, 0.2) is 40.9 Å². The van der Waals surface area contributed by atoms with E-state index >= 15 is 0 Å². The molecule has 0 aliphatic heterocycles. The summed E-state index contributed by atoms with van der Waals surface area (Å²) in [4.78, 5) is 37.2. The van der Waals surface area contributed by atoms with Gasteiger partial charge in [-0.05, 0) is 17.0 Å². The number of primary amides is 1. The Labute approximate surface area is 166 Å². The average molecular weight is 399 g/mol. The predicted octanol–water partition coefficient (Wildman–Crippen LogP) is 1.17. The van der Waals surface area contributed by atoms with Crippen molar-refractivity contribution in [2.45, 2.75) is 31.8 Å². The van der Waals surface area contributed by atoms with Crippen molar-refractivity contribution in [2.24, 2.45) is 23.5 Å². The number of benzene rings is 1. The quantitative estimate of drug-likeness (QED) is 0.443. The highest BCUT2D eigenvalue weighted by Gasteiger charge is 2.59. The van der Waals surface area contributed by atoms with E-state index in [-0.39, 0.29) is 23.3 Å². The lowest BCUT2D eigenvalue weighted by molar-refractivity contribution is -0.123. The van der Waals surface area contributed by atoms with Crippen molar-refractivity contribution in [1.29, 1.82) is 0 Å². The molecule has 29 heavy (non-hydrogen) atoms. The maximum Gasteiger partial charge on any atom is 0.256 e. The third kappa shape index (κ3) is 2.32. The molecule has 0 unspecified atom stereocenters. The molecule has 0 fully saturated rings. The van der Waals surface area contributed by atoms with Gasteiger partial charge in [0.1, 0.15) is 22.8 Å². The number of aliphatic hydroxyl groups is 3. The molecular weight excluding hydrogens is 378 g/mol. The van der Waals surface area contributed by atoms with Crippen LogP contribution in [0.3, 0.4) is 0 Å². The predicted molar refractivity (Wildman–Crippen MR) is 100 cm³/mol. The zero-order chi connectivity index (χ0) is 21.4. The number of phenols is 1. The van der Waals surface area contributed by atoms with Gasteiger partial charge in [-0.15, -0.1) is 0 Å². The number of nitrogens with two attached hydrogens (primary N) is 1. The van der Waals surface area contributed by atoms with Crippen molar-refractivity contribution >= 4 is 17.5 Å². The van der Waals surface area contributed by atoms with Crippen LogP contribution in [0, 0.1) is 17.8 Å². The normalized spacial score (nSPS) is 30.6. The van der Waals surface area contributed by atoms with E-state index < -0.39 is 63.8 Å². The van der Waals surface area contributed by atoms with Gasteiger partial charge in [0.25, 0.3) is 5.91 Å². The first-order chi connectivity index (χ1) is 13.5. The lowest BCUT2D eigenvalue weighted by atomic mass is 9.52. The van der Waals surface area contributed by atoms with Crippen LogP contribution >= 0.6 is 0 Å². The molecule has 0 saturated carbocycles. The fourth-order valence-corrected chi connectivity index (χ4v) is 5.29. The first kappa shape index (κ1) is 19.2. The Hall–Kier alpha value is -3.13. The van der Waals surface area contributed by atoms with Gasteiger partial charge < -0.3 is 26.2 Å². The van der Waals surface area contributed by atoms with Gasteiger partial charge in [-0.3, -0.25) is 14.4 Å². The molecule has 8 nitrogen and oxygen atoms in total. The van der Waals surface area contributed by atoms with Crippen LogP contribution in [-0.2, 0) is 15.0 Å². The molecule has 1 aromatic rings. The minimum absolute atomic E-state index is 0.0435. The maximum atomic E-state index is 13.3. The zero-order valence-electron chi connectivity index (χ0n) is 15.8. The Morgan fingerprint density at radius 3 is 2.45 bits per heavy atom. The van der Waals surface area contributed by atoms with Crippen LogP contribution in [0.1, 0.15) is 36.2 Å². The molecule has 0 aromatic heterocycles. The Morgan fingerprint density at radius 2 is 1.83 bits per heavy atom. The molecule has 0 radical (unpaired) electrons. The van der Waals surface area contributed by atoms with Crippen molar-refractivity contribution in [3.8, 4) is 5.75 Å². The van der Waals surface area contributed by atoms with Gasteiger partial charge in [0.2, 0.25) is 0 Å². The van der Waals surface area contributed by atoms with Crippen LogP contribution in [0.25, 0.3) is 0 Å². The number of Topliss-reactive ketones (excluding diaryl/α,β-unsaturated/α-hetero) is 2.